The minimum atomic E-state index is -3.93. The summed E-state index contributed by atoms with van der Waals surface area (Å²) in [6.45, 7) is 1.03. The molecular formula is C19H22N4O6S2. The number of methoxy groups -OCH3 is 1. The van der Waals surface area contributed by atoms with E-state index in [2.05, 4.69) is 10.0 Å². The Morgan fingerprint density at radius 1 is 1.13 bits per heavy atom. The normalized spacial score (nSPS) is 11.6. The number of carbonyl (C=O) groups excluding carboxylic acids is 1. The molecule has 2 aromatic rings. The van der Waals surface area contributed by atoms with E-state index < -0.39 is 32.5 Å². The van der Waals surface area contributed by atoms with Gasteiger partial charge in [-0.3, -0.25) is 9.52 Å². The Labute approximate surface area is 181 Å². The Kier molecular flexibility index (Phi) is 7.61. The van der Waals surface area contributed by atoms with Gasteiger partial charge in [-0.05, 0) is 43.3 Å². The molecule has 0 spiro atoms. The SMILES string of the molecule is CCS(=O)(=O)Nc1ccc(NC(=O)CN(C)S(=O)(=O)c2ccc(C#N)cc2)cc1OC. The zero-order chi connectivity index (χ0) is 23.2. The van der Waals surface area contributed by atoms with Gasteiger partial charge >= 0.3 is 0 Å². The van der Waals surface area contributed by atoms with Gasteiger partial charge in [0.25, 0.3) is 0 Å². The number of ether oxygens (including phenoxy) is 1. The first kappa shape index (κ1) is 24.1. The molecule has 0 radical (unpaired) electrons. The van der Waals surface area contributed by atoms with Crippen LogP contribution in [0.3, 0.4) is 0 Å². The summed E-state index contributed by atoms with van der Waals surface area (Å²) in [5.41, 5.74) is 0.825. The van der Waals surface area contributed by atoms with Gasteiger partial charge in [-0.2, -0.15) is 9.57 Å². The standard InChI is InChI=1S/C19H22N4O6S2/c1-4-30(25,26)22-17-10-7-15(11-18(17)29-3)21-19(24)13-23(2)31(27,28)16-8-5-14(12-20)6-9-16/h5-11,22H,4,13H2,1-3H3,(H,21,24). The van der Waals surface area contributed by atoms with Crippen LogP contribution < -0.4 is 14.8 Å². The fourth-order valence-corrected chi connectivity index (χ4v) is 4.24. The van der Waals surface area contributed by atoms with Gasteiger partial charge in [0, 0.05) is 18.8 Å². The van der Waals surface area contributed by atoms with E-state index >= 15 is 0 Å². The van der Waals surface area contributed by atoms with Crippen LogP contribution in [0.2, 0.25) is 0 Å². The maximum absolute atomic E-state index is 12.6. The van der Waals surface area contributed by atoms with Crippen molar-refractivity contribution in [2.24, 2.45) is 0 Å². The molecule has 166 valence electrons. The summed E-state index contributed by atoms with van der Waals surface area (Å²) in [7, 11) is -4.84. The highest BCUT2D eigenvalue weighted by Gasteiger charge is 2.23. The number of nitrogens with zero attached hydrogens (tertiary/aromatic N) is 2. The van der Waals surface area contributed by atoms with Crippen molar-refractivity contribution in [1.29, 1.82) is 5.26 Å². The summed E-state index contributed by atoms with van der Waals surface area (Å²) >= 11 is 0. The first-order chi connectivity index (χ1) is 14.5. The van der Waals surface area contributed by atoms with Crippen LogP contribution in [-0.2, 0) is 24.8 Å². The van der Waals surface area contributed by atoms with E-state index in [0.717, 1.165) is 4.31 Å². The molecule has 10 nitrogen and oxygen atoms in total. The molecule has 2 aromatic carbocycles. The molecule has 0 atom stereocenters. The lowest BCUT2D eigenvalue weighted by Gasteiger charge is -2.17. The monoisotopic (exact) mass is 466 g/mol. The zero-order valence-electron chi connectivity index (χ0n) is 17.1. The minimum Gasteiger partial charge on any atom is -0.494 e. The minimum absolute atomic E-state index is 0.0453. The molecule has 0 bridgehead atoms. The highest BCUT2D eigenvalue weighted by Crippen LogP contribution is 2.29. The highest BCUT2D eigenvalue weighted by atomic mass is 32.2. The molecule has 0 aliphatic carbocycles. The Hall–Kier alpha value is -3.14. The van der Waals surface area contributed by atoms with Crippen molar-refractivity contribution < 1.29 is 26.4 Å². The van der Waals surface area contributed by atoms with Gasteiger partial charge in [-0.15, -0.1) is 0 Å². The molecule has 0 fully saturated rings. The molecule has 0 aromatic heterocycles. The van der Waals surface area contributed by atoms with Crippen LogP contribution >= 0.6 is 0 Å². The maximum Gasteiger partial charge on any atom is 0.243 e. The molecule has 0 aliphatic heterocycles. The largest absolute Gasteiger partial charge is 0.494 e. The number of carbonyl (C=O) groups is 1. The number of hydrogen-bond acceptors (Lipinski definition) is 7. The van der Waals surface area contributed by atoms with Crippen molar-refractivity contribution in [3.63, 3.8) is 0 Å². The van der Waals surface area contributed by atoms with E-state index in [4.69, 9.17) is 10.00 Å². The van der Waals surface area contributed by atoms with E-state index in [1.54, 1.807) is 0 Å². The molecule has 0 aliphatic rings. The Balaban J connectivity index is 2.11. The van der Waals surface area contributed by atoms with Crippen molar-refractivity contribution in [2.45, 2.75) is 11.8 Å². The van der Waals surface area contributed by atoms with Crippen LogP contribution in [0.4, 0.5) is 11.4 Å². The number of anilines is 2. The fraction of sp³-hybridized carbons (Fsp3) is 0.263. The van der Waals surface area contributed by atoms with Gasteiger partial charge in [0.1, 0.15) is 5.75 Å². The van der Waals surface area contributed by atoms with Gasteiger partial charge in [0.05, 0.1) is 41.6 Å². The molecular weight excluding hydrogens is 444 g/mol. The maximum atomic E-state index is 12.6. The van der Waals surface area contributed by atoms with E-state index in [1.165, 1.54) is 63.5 Å². The molecule has 0 saturated carbocycles. The summed E-state index contributed by atoms with van der Waals surface area (Å²) in [5.74, 6) is -0.536. The third-order valence-corrected chi connectivity index (χ3v) is 7.30. The fourth-order valence-electron chi connectivity index (χ4n) is 2.46. The molecule has 0 saturated heterocycles. The zero-order valence-corrected chi connectivity index (χ0v) is 18.7. The first-order valence-corrected chi connectivity index (χ1v) is 12.1. The van der Waals surface area contributed by atoms with Crippen LogP contribution in [-0.4, -0.2) is 53.5 Å². The summed E-state index contributed by atoms with van der Waals surface area (Å²) < 4.78 is 57.1. The number of sulfonamides is 2. The molecule has 12 heteroatoms. The van der Waals surface area contributed by atoms with Crippen LogP contribution in [0.25, 0.3) is 0 Å². The van der Waals surface area contributed by atoms with Crippen molar-refractivity contribution in [3.8, 4) is 11.8 Å². The van der Waals surface area contributed by atoms with E-state index in [1.807, 2.05) is 6.07 Å². The molecule has 0 heterocycles. The topological polar surface area (TPSA) is 146 Å². The quantitative estimate of drug-likeness (QED) is 0.570. The Morgan fingerprint density at radius 2 is 1.77 bits per heavy atom. The average molecular weight is 467 g/mol. The van der Waals surface area contributed by atoms with E-state index in [-0.39, 0.29) is 22.1 Å². The van der Waals surface area contributed by atoms with Crippen LogP contribution in [0.5, 0.6) is 5.75 Å². The predicted octanol–water partition coefficient (Wildman–Crippen LogP) is 1.59. The van der Waals surface area contributed by atoms with Gasteiger partial charge in [-0.1, -0.05) is 0 Å². The number of likely N-dealkylation sites (N-methyl/N-ethyl adjacent to an activating group) is 1. The third-order valence-electron chi connectivity index (χ3n) is 4.19. The highest BCUT2D eigenvalue weighted by molar-refractivity contribution is 7.92. The van der Waals surface area contributed by atoms with Crippen molar-refractivity contribution in [2.75, 3.05) is 36.5 Å². The summed E-state index contributed by atoms with van der Waals surface area (Å²) in [4.78, 5) is 12.3. The molecule has 31 heavy (non-hydrogen) atoms. The number of rotatable bonds is 9. The lowest BCUT2D eigenvalue weighted by Crippen LogP contribution is -2.35. The van der Waals surface area contributed by atoms with E-state index in [9.17, 15) is 21.6 Å². The molecule has 1 amide bonds. The second-order valence-electron chi connectivity index (χ2n) is 6.37. The molecule has 2 N–H and O–H groups in total. The van der Waals surface area contributed by atoms with Crippen LogP contribution in [0.15, 0.2) is 47.4 Å². The third kappa shape index (κ3) is 6.17. The summed E-state index contributed by atoms with van der Waals surface area (Å²) in [6, 6.07) is 11.6. The lowest BCUT2D eigenvalue weighted by molar-refractivity contribution is -0.116. The van der Waals surface area contributed by atoms with Crippen LogP contribution in [0, 0.1) is 11.3 Å². The number of hydrogen-bond donors (Lipinski definition) is 2. The van der Waals surface area contributed by atoms with Gasteiger partial charge < -0.3 is 10.1 Å². The summed E-state index contributed by atoms with van der Waals surface area (Å²) in [6.07, 6.45) is 0. The number of benzene rings is 2. The molecule has 0 unspecified atom stereocenters. The lowest BCUT2D eigenvalue weighted by atomic mass is 10.2. The van der Waals surface area contributed by atoms with Crippen molar-refractivity contribution in [3.05, 3.63) is 48.0 Å². The Morgan fingerprint density at radius 3 is 2.32 bits per heavy atom. The molecule has 2 rings (SSSR count). The van der Waals surface area contributed by atoms with Crippen LogP contribution in [0.1, 0.15) is 12.5 Å². The van der Waals surface area contributed by atoms with Gasteiger partial charge in [0.15, 0.2) is 0 Å². The van der Waals surface area contributed by atoms with Crippen molar-refractivity contribution >= 4 is 37.3 Å². The van der Waals surface area contributed by atoms with E-state index in [0.29, 0.717) is 11.3 Å². The van der Waals surface area contributed by atoms with Gasteiger partial charge in [0.2, 0.25) is 26.0 Å². The smallest absolute Gasteiger partial charge is 0.243 e. The second-order valence-corrected chi connectivity index (χ2v) is 10.4. The first-order valence-electron chi connectivity index (χ1n) is 8.97. The second kappa shape index (κ2) is 9.78. The summed E-state index contributed by atoms with van der Waals surface area (Å²) in [5, 5.41) is 11.4. The predicted molar refractivity (Wildman–Crippen MR) is 116 cm³/mol. The number of amides is 1. The number of nitriles is 1. The number of nitrogens with one attached hydrogen (secondary N) is 2. The Bertz CT molecular complexity index is 1200. The van der Waals surface area contributed by atoms with Gasteiger partial charge in [-0.25, -0.2) is 16.8 Å². The van der Waals surface area contributed by atoms with Crippen molar-refractivity contribution in [1.82, 2.24) is 4.31 Å². The average Bonchev–Trinajstić information content (AvgIpc) is 2.74.